The van der Waals surface area contributed by atoms with Gasteiger partial charge >= 0.3 is 0 Å². The second-order valence-electron chi connectivity index (χ2n) is 6.61. The molecule has 27 heavy (non-hydrogen) atoms. The van der Waals surface area contributed by atoms with Gasteiger partial charge in [-0.15, -0.1) is 0 Å². The molecule has 0 bridgehead atoms. The second kappa shape index (κ2) is 8.10. The van der Waals surface area contributed by atoms with Crippen molar-refractivity contribution in [3.8, 4) is 5.75 Å². The van der Waals surface area contributed by atoms with Gasteiger partial charge in [-0.1, -0.05) is 30.3 Å². The van der Waals surface area contributed by atoms with E-state index < -0.39 is 16.1 Å². The summed E-state index contributed by atoms with van der Waals surface area (Å²) in [5.41, 5.74) is 1.71. The molecule has 0 aliphatic carbocycles. The van der Waals surface area contributed by atoms with Crippen LogP contribution in [0.3, 0.4) is 0 Å². The fraction of sp³-hybridized carbons (Fsp3) is 0.350. The lowest BCUT2D eigenvalue weighted by Crippen LogP contribution is -2.45. The minimum absolute atomic E-state index is 0.184. The van der Waals surface area contributed by atoms with Gasteiger partial charge in [0.2, 0.25) is 15.9 Å². The van der Waals surface area contributed by atoms with Crippen molar-refractivity contribution in [3.63, 3.8) is 0 Å². The smallest absolute Gasteiger partial charge is 0.243 e. The van der Waals surface area contributed by atoms with Crippen LogP contribution in [0.2, 0.25) is 0 Å². The van der Waals surface area contributed by atoms with E-state index in [9.17, 15) is 13.2 Å². The van der Waals surface area contributed by atoms with Gasteiger partial charge in [0.1, 0.15) is 11.8 Å². The highest BCUT2D eigenvalue weighted by Gasteiger charge is 2.39. The Hall–Kier alpha value is -2.38. The number of aryl methyl sites for hydroxylation is 1. The van der Waals surface area contributed by atoms with E-state index in [2.05, 4.69) is 5.32 Å². The van der Waals surface area contributed by atoms with Gasteiger partial charge in [0.15, 0.2) is 0 Å². The molecule has 0 radical (unpaired) electrons. The molecule has 0 aromatic heterocycles. The number of amides is 1. The Morgan fingerprint density at radius 1 is 1.22 bits per heavy atom. The minimum atomic E-state index is -3.75. The third-order valence-electron chi connectivity index (χ3n) is 4.79. The van der Waals surface area contributed by atoms with Crippen molar-refractivity contribution in [2.24, 2.45) is 0 Å². The lowest BCUT2D eigenvalue weighted by molar-refractivity contribution is -0.124. The third kappa shape index (κ3) is 4.14. The van der Waals surface area contributed by atoms with E-state index in [1.54, 1.807) is 26.2 Å². The summed E-state index contributed by atoms with van der Waals surface area (Å²) in [6.07, 6.45) is 1.19. The summed E-state index contributed by atoms with van der Waals surface area (Å²) in [7, 11) is -2.20. The Balaban J connectivity index is 1.76. The fourth-order valence-electron chi connectivity index (χ4n) is 3.34. The van der Waals surface area contributed by atoms with Crippen LogP contribution >= 0.6 is 0 Å². The van der Waals surface area contributed by atoms with E-state index in [1.807, 2.05) is 30.3 Å². The number of ether oxygens (including phenoxy) is 1. The van der Waals surface area contributed by atoms with Gasteiger partial charge in [-0.05, 0) is 49.1 Å². The number of carbonyl (C=O) groups is 1. The van der Waals surface area contributed by atoms with Gasteiger partial charge < -0.3 is 10.1 Å². The number of nitrogens with zero attached hydrogens (tertiary/aromatic N) is 1. The quantitative estimate of drug-likeness (QED) is 0.825. The van der Waals surface area contributed by atoms with E-state index in [0.29, 0.717) is 31.7 Å². The summed E-state index contributed by atoms with van der Waals surface area (Å²) in [5, 5.41) is 2.86. The van der Waals surface area contributed by atoms with Crippen LogP contribution in [0.1, 0.15) is 24.0 Å². The van der Waals surface area contributed by atoms with Crippen LogP contribution in [0.25, 0.3) is 0 Å². The number of benzene rings is 2. The number of methoxy groups -OCH3 is 1. The van der Waals surface area contributed by atoms with Gasteiger partial charge in [0.05, 0.1) is 12.0 Å². The summed E-state index contributed by atoms with van der Waals surface area (Å²) in [6, 6.07) is 13.6. The molecule has 144 valence electrons. The van der Waals surface area contributed by atoms with Crippen LogP contribution in [-0.4, -0.2) is 38.3 Å². The number of sulfonamides is 1. The van der Waals surface area contributed by atoms with Crippen LogP contribution in [0.4, 0.5) is 0 Å². The first-order valence-electron chi connectivity index (χ1n) is 8.91. The molecule has 1 aliphatic heterocycles. The molecule has 1 saturated heterocycles. The normalized spacial score (nSPS) is 17.6. The van der Waals surface area contributed by atoms with Crippen molar-refractivity contribution in [1.82, 2.24) is 9.62 Å². The maximum atomic E-state index is 13.1. The van der Waals surface area contributed by atoms with Gasteiger partial charge in [0, 0.05) is 13.1 Å². The summed E-state index contributed by atoms with van der Waals surface area (Å²) in [4.78, 5) is 12.8. The van der Waals surface area contributed by atoms with Crippen LogP contribution < -0.4 is 10.1 Å². The molecule has 2 aromatic carbocycles. The predicted molar refractivity (Wildman–Crippen MR) is 103 cm³/mol. The van der Waals surface area contributed by atoms with E-state index in [4.69, 9.17) is 4.74 Å². The fourth-order valence-corrected chi connectivity index (χ4v) is 5.08. The maximum absolute atomic E-state index is 13.1. The number of rotatable bonds is 6. The molecule has 1 aliphatic rings. The number of hydrogen-bond donors (Lipinski definition) is 1. The molecule has 1 atom stereocenters. The van der Waals surface area contributed by atoms with Gasteiger partial charge in [-0.25, -0.2) is 8.42 Å². The predicted octanol–water partition coefficient (Wildman–Crippen LogP) is 2.47. The average Bonchev–Trinajstić information content (AvgIpc) is 3.17. The second-order valence-corrected chi connectivity index (χ2v) is 8.50. The van der Waals surface area contributed by atoms with E-state index in [0.717, 1.165) is 11.1 Å². The first-order valence-corrected chi connectivity index (χ1v) is 10.4. The van der Waals surface area contributed by atoms with Crippen molar-refractivity contribution in [2.75, 3.05) is 13.7 Å². The molecule has 1 fully saturated rings. The van der Waals surface area contributed by atoms with Gasteiger partial charge in [-0.3, -0.25) is 4.79 Å². The Morgan fingerprint density at radius 3 is 2.63 bits per heavy atom. The molecule has 1 N–H and O–H groups in total. The summed E-state index contributed by atoms with van der Waals surface area (Å²) < 4.78 is 32.7. The SMILES string of the molecule is COc1ccc(S(=O)(=O)N2CCC[C@H]2C(=O)NCc2ccccc2)cc1C. The molecule has 1 amide bonds. The van der Waals surface area contributed by atoms with E-state index in [-0.39, 0.29) is 10.8 Å². The highest BCUT2D eigenvalue weighted by atomic mass is 32.2. The van der Waals surface area contributed by atoms with Crippen molar-refractivity contribution in [1.29, 1.82) is 0 Å². The van der Waals surface area contributed by atoms with Gasteiger partial charge in [0.25, 0.3) is 0 Å². The number of hydrogen-bond acceptors (Lipinski definition) is 4. The topological polar surface area (TPSA) is 75.7 Å². The zero-order valence-electron chi connectivity index (χ0n) is 15.5. The van der Waals surface area contributed by atoms with E-state index >= 15 is 0 Å². The Morgan fingerprint density at radius 2 is 1.96 bits per heavy atom. The highest BCUT2D eigenvalue weighted by Crippen LogP contribution is 2.29. The molecule has 2 aromatic rings. The molecule has 3 rings (SSSR count). The average molecular weight is 388 g/mol. The molecule has 6 nitrogen and oxygen atoms in total. The summed E-state index contributed by atoms with van der Waals surface area (Å²) >= 11 is 0. The lowest BCUT2D eigenvalue weighted by atomic mass is 10.2. The molecule has 0 saturated carbocycles. The minimum Gasteiger partial charge on any atom is -0.496 e. The number of carbonyl (C=O) groups excluding carboxylic acids is 1. The summed E-state index contributed by atoms with van der Waals surface area (Å²) in [5.74, 6) is 0.373. The Labute approximate surface area is 160 Å². The first kappa shape index (κ1) is 19.4. The molecule has 0 spiro atoms. The van der Waals surface area contributed by atoms with Crippen LogP contribution in [0.5, 0.6) is 5.75 Å². The Bertz CT molecular complexity index is 913. The molecule has 7 heteroatoms. The third-order valence-corrected chi connectivity index (χ3v) is 6.69. The monoisotopic (exact) mass is 388 g/mol. The van der Waals surface area contributed by atoms with Crippen LogP contribution in [-0.2, 0) is 21.4 Å². The molecular formula is C20H24N2O4S. The Kier molecular flexibility index (Phi) is 5.82. The molecule has 0 unspecified atom stereocenters. The molecular weight excluding hydrogens is 364 g/mol. The number of nitrogens with one attached hydrogen (secondary N) is 1. The zero-order valence-corrected chi connectivity index (χ0v) is 16.3. The zero-order chi connectivity index (χ0) is 19.4. The summed E-state index contributed by atoms with van der Waals surface area (Å²) in [6.45, 7) is 2.52. The van der Waals surface area contributed by atoms with Crippen molar-refractivity contribution in [2.45, 2.75) is 37.2 Å². The van der Waals surface area contributed by atoms with Gasteiger partial charge in [-0.2, -0.15) is 4.31 Å². The maximum Gasteiger partial charge on any atom is 0.243 e. The standard InChI is InChI=1S/C20H24N2O4S/c1-15-13-17(10-11-19(15)26-2)27(24,25)22-12-6-9-18(22)20(23)21-14-16-7-4-3-5-8-16/h3-5,7-8,10-11,13,18H,6,9,12,14H2,1-2H3,(H,21,23)/t18-/m0/s1. The van der Waals surface area contributed by atoms with Crippen LogP contribution in [0, 0.1) is 6.92 Å². The largest absolute Gasteiger partial charge is 0.496 e. The first-order chi connectivity index (χ1) is 12.9. The van der Waals surface area contributed by atoms with Crippen LogP contribution in [0.15, 0.2) is 53.4 Å². The van der Waals surface area contributed by atoms with Crippen molar-refractivity contribution >= 4 is 15.9 Å². The highest BCUT2D eigenvalue weighted by molar-refractivity contribution is 7.89. The van der Waals surface area contributed by atoms with E-state index in [1.165, 1.54) is 10.4 Å². The van der Waals surface area contributed by atoms with Crippen molar-refractivity contribution in [3.05, 3.63) is 59.7 Å². The van der Waals surface area contributed by atoms with Crippen molar-refractivity contribution < 1.29 is 17.9 Å². The lowest BCUT2D eigenvalue weighted by Gasteiger charge is -2.24. The molecule has 1 heterocycles.